The molecule has 2 N–H and O–H groups in total. The van der Waals surface area contributed by atoms with Crippen LogP contribution in [0, 0.1) is 6.92 Å². The van der Waals surface area contributed by atoms with Crippen molar-refractivity contribution in [1.29, 1.82) is 0 Å². The van der Waals surface area contributed by atoms with Gasteiger partial charge in [-0.1, -0.05) is 11.6 Å². The highest BCUT2D eigenvalue weighted by Crippen LogP contribution is 2.41. The van der Waals surface area contributed by atoms with E-state index in [1.807, 2.05) is 0 Å². The van der Waals surface area contributed by atoms with Crippen LogP contribution in [0.2, 0.25) is 5.02 Å². The minimum absolute atomic E-state index is 0.155. The van der Waals surface area contributed by atoms with Gasteiger partial charge in [0.15, 0.2) is 17.3 Å². The second kappa shape index (κ2) is 3.96. The van der Waals surface area contributed by atoms with Gasteiger partial charge in [-0.3, -0.25) is 4.79 Å². The van der Waals surface area contributed by atoms with Crippen molar-refractivity contribution >= 4 is 17.4 Å². The summed E-state index contributed by atoms with van der Waals surface area (Å²) in [6.45, 7) is 3.56. The number of Topliss-reactive ketones (excluding diaryl/α,β-unsaturated/α-hetero) is 1. The molecule has 5 heteroatoms. The normalized spacial score (nSPS) is 15.0. The molecule has 0 fully saturated rings. The molecule has 2 rings (SSSR count). The van der Waals surface area contributed by atoms with Crippen LogP contribution in [-0.2, 0) is 0 Å². The first-order chi connectivity index (χ1) is 7.52. The second-order valence-electron chi connectivity index (χ2n) is 3.75. The van der Waals surface area contributed by atoms with E-state index in [0.29, 0.717) is 27.6 Å². The fourth-order valence-corrected chi connectivity index (χ4v) is 1.84. The van der Waals surface area contributed by atoms with Gasteiger partial charge in [0.1, 0.15) is 0 Å². The van der Waals surface area contributed by atoms with Crippen LogP contribution in [-0.4, -0.2) is 18.6 Å². The molecule has 0 spiro atoms. The summed E-state index contributed by atoms with van der Waals surface area (Å²) < 4.78 is 10.5. The first kappa shape index (κ1) is 11.2. The van der Waals surface area contributed by atoms with Crippen LogP contribution in [0.3, 0.4) is 0 Å². The number of nitrogens with two attached hydrogens (primary N) is 1. The number of benzene rings is 1. The summed E-state index contributed by atoms with van der Waals surface area (Å²) >= 11 is 6.10. The predicted octanol–water partition coefficient (Wildman–Crippen LogP) is 1.91. The average Bonchev–Trinajstić information content (AvgIpc) is 2.70. The molecule has 4 nitrogen and oxygen atoms in total. The third kappa shape index (κ3) is 1.64. The smallest absolute Gasteiger partial charge is 0.231 e. The first-order valence-electron chi connectivity index (χ1n) is 4.91. The molecule has 0 bridgehead atoms. The van der Waals surface area contributed by atoms with Crippen molar-refractivity contribution in [3.05, 3.63) is 22.2 Å². The van der Waals surface area contributed by atoms with Crippen LogP contribution in [0.1, 0.15) is 22.8 Å². The van der Waals surface area contributed by atoms with Gasteiger partial charge in [-0.2, -0.15) is 0 Å². The zero-order valence-electron chi connectivity index (χ0n) is 9.04. The first-order valence-corrected chi connectivity index (χ1v) is 5.28. The van der Waals surface area contributed by atoms with Crippen molar-refractivity contribution in [3.63, 3.8) is 0 Å². The Morgan fingerprint density at radius 3 is 2.88 bits per heavy atom. The molecule has 1 aromatic carbocycles. The van der Waals surface area contributed by atoms with Gasteiger partial charge in [-0.05, 0) is 19.9 Å². The highest BCUT2D eigenvalue weighted by atomic mass is 35.5. The van der Waals surface area contributed by atoms with Crippen molar-refractivity contribution in [2.24, 2.45) is 5.73 Å². The third-order valence-electron chi connectivity index (χ3n) is 2.50. The van der Waals surface area contributed by atoms with E-state index in [9.17, 15) is 4.79 Å². The van der Waals surface area contributed by atoms with Gasteiger partial charge in [0.2, 0.25) is 6.79 Å². The molecule has 1 aromatic rings. The Hall–Kier alpha value is -1.26. The molecule has 1 aliphatic heterocycles. The van der Waals surface area contributed by atoms with Gasteiger partial charge < -0.3 is 15.2 Å². The molecular formula is C11H12ClNO3. The second-order valence-corrected chi connectivity index (χ2v) is 4.13. The molecule has 1 unspecified atom stereocenters. The van der Waals surface area contributed by atoms with Gasteiger partial charge >= 0.3 is 0 Å². The van der Waals surface area contributed by atoms with Crippen molar-refractivity contribution in [2.45, 2.75) is 19.9 Å². The Morgan fingerprint density at radius 2 is 2.25 bits per heavy atom. The van der Waals surface area contributed by atoms with Crippen molar-refractivity contribution < 1.29 is 14.3 Å². The standard InChI is InChI=1S/C11H12ClNO3/c1-5-9(12)7(10(14)6(2)13)3-8-11(5)16-4-15-8/h3,6H,4,13H2,1-2H3. The molecular weight excluding hydrogens is 230 g/mol. The fourth-order valence-electron chi connectivity index (χ4n) is 1.61. The molecule has 0 aromatic heterocycles. The predicted molar refractivity (Wildman–Crippen MR) is 60.3 cm³/mol. The largest absolute Gasteiger partial charge is 0.454 e. The monoisotopic (exact) mass is 241 g/mol. The molecule has 16 heavy (non-hydrogen) atoms. The highest BCUT2D eigenvalue weighted by molar-refractivity contribution is 6.35. The number of ketones is 1. The highest BCUT2D eigenvalue weighted by Gasteiger charge is 2.24. The summed E-state index contributed by atoms with van der Waals surface area (Å²) in [6.07, 6.45) is 0. The molecule has 86 valence electrons. The summed E-state index contributed by atoms with van der Waals surface area (Å²) in [5, 5.41) is 0.381. The Balaban J connectivity index is 2.56. The number of fused-ring (bicyclic) bond motifs is 1. The fraction of sp³-hybridized carbons (Fsp3) is 0.364. The number of rotatable bonds is 2. The Kier molecular flexibility index (Phi) is 2.78. The van der Waals surface area contributed by atoms with Crippen LogP contribution < -0.4 is 15.2 Å². The molecule has 1 heterocycles. The molecule has 0 amide bonds. The number of carbonyl (C=O) groups excluding carboxylic acids is 1. The summed E-state index contributed by atoms with van der Waals surface area (Å²) in [5.41, 5.74) is 6.65. The maximum absolute atomic E-state index is 11.8. The molecule has 0 saturated carbocycles. The SMILES string of the molecule is Cc1c(Cl)c(C(=O)C(C)N)cc2c1OCO2. The third-order valence-corrected chi connectivity index (χ3v) is 2.99. The van der Waals surface area contributed by atoms with E-state index in [1.54, 1.807) is 19.9 Å². The van der Waals surface area contributed by atoms with Gasteiger partial charge in [0.05, 0.1) is 11.1 Å². The molecule has 0 radical (unpaired) electrons. The van der Waals surface area contributed by atoms with E-state index in [1.165, 1.54) is 0 Å². The molecule has 1 atom stereocenters. The zero-order chi connectivity index (χ0) is 11.9. The van der Waals surface area contributed by atoms with Crippen molar-refractivity contribution in [1.82, 2.24) is 0 Å². The van der Waals surface area contributed by atoms with E-state index in [4.69, 9.17) is 26.8 Å². The van der Waals surface area contributed by atoms with E-state index < -0.39 is 6.04 Å². The Labute approximate surface area is 98.3 Å². The van der Waals surface area contributed by atoms with Crippen molar-refractivity contribution in [2.75, 3.05) is 6.79 Å². The zero-order valence-corrected chi connectivity index (χ0v) is 9.80. The molecule has 0 saturated heterocycles. The van der Waals surface area contributed by atoms with E-state index in [2.05, 4.69) is 0 Å². The summed E-state index contributed by atoms with van der Waals surface area (Å²) in [5.74, 6) is 0.948. The topological polar surface area (TPSA) is 61.6 Å². The number of carbonyl (C=O) groups is 1. The van der Waals surface area contributed by atoms with Crippen LogP contribution in [0.4, 0.5) is 0 Å². The quantitative estimate of drug-likeness (QED) is 0.804. The van der Waals surface area contributed by atoms with Crippen molar-refractivity contribution in [3.8, 4) is 11.5 Å². The molecule has 1 aliphatic rings. The van der Waals surface area contributed by atoms with Crippen LogP contribution >= 0.6 is 11.6 Å². The maximum atomic E-state index is 11.8. The summed E-state index contributed by atoms with van der Waals surface area (Å²) in [4.78, 5) is 11.8. The number of ether oxygens (including phenoxy) is 2. The summed E-state index contributed by atoms with van der Waals surface area (Å²) in [7, 11) is 0. The van der Waals surface area contributed by atoms with Crippen LogP contribution in [0.15, 0.2) is 6.07 Å². The molecule has 0 aliphatic carbocycles. The Morgan fingerprint density at radius 1 is 1.56 bits per heavy atom. The maximum Gasteiger partial charge on any atom is 0.231 e. The summed E-state index contributed by atoms with van der Waals surface area (Å²) in [6, 6.07) is 1.00. The van der Waals surface area contributed by atoms with Crippen LogP contribution in [0.25, 0.3) is 0 Å². The van der Waals surface area contributed by atoms with E-state index in [0.717, 1.165) is 0 Å². The lowest BCUT2D eigenvalue weighted by Gasteiger charge is -2.10. The number of hydrogen-bond acceptors (Lipinski definition) is 4. The minimum Gasteiger partial charge on any atom is -0.454 e. The average molecular weight is 242 g/mol. The van der Waals surface area contributed by atoms with Crippen LogP contribution in [0.5, 0.6) is 11.5 Å². The number of hydrogen-bond donors (Lipinski definition) is 1. The van der Waals surface area contributed by atoms with Gasteiger partial charge in [0.25, 0.3) is 0 Å². The minimum atomic E-state index is -0.586. The van der Waals surface area contributed by atoms with E-state index >= 15 is 0 Å². The van der Waals surface area contributed by atoms with Gasteiger partial charge in [0, 0.05) is 11.1 Å². The van der Waals surface area contributed by atoms with Gasteiger partial charge in [-0.25, -0.2) is 0 Å². The Bertz CT molecular complexity index is 457. The van der Waals surface area contributed by atoms with Gasteiger partial charge in [-0.15, -0.1) is 0 Å². The lowest BCUT2D eigenvalue weighted by Crippen LogP contribution is -2.27. The lowest BCUT2D eigenvalue weighted by molar-refractivity contribution is 0.0967. The number of halogens is 1. The lowest BCUT2D eigenvalue weighted by atomic mass is 10.0. The van der Waals surface area contributed by atoms with E-state index in [-0.39, 0.29) is 12.6 Å².